The van der Waals surface area contributed by atoms with Crippen molar-refractivity contribution in [3.63, 3.8) is 0 Å². The van der Waals surface area contributed by atoms with Crippen LogP contribution in [0.4, 0.5) is 10.1 Å². The first kappa shape index (κ1) is 19.2. The standard InChI is InChI=1S/C19H21FN4O2S/c1-11(2)9-24-18(26)17-15(8-12(3)21-17)23-19(24)27-10-16(25)22-14-7-5-4-6-13(14)20/h4-8,11,21H,9-10H2,1-3H3,(H,22,25). The van der Waals surface area contributed by atoms with E-state index < -0.39 is 5.82 Å². The molecule has 1 aromatic carbocycles. The van der Waals surface area contributed by atoms with E-state index >= 15 is 0 Å². The molecule has 1 amide bonds. The van der Waals surface area contributed by atoms with Crippen molar-refractivity contribution in [3.05, 3.63) is 52.2 Å². The number of amides is 1. The predicted molar refractivity (Wildman–Crippen MR) is 106 cm³/mol. The van der Waals surface area contributed by atoms with Crippen molar-refractivity contribution >= 4 is 34.4 Å². The third-order valence-electron chi connectivity index (χ3n) is 3.87. The average Bonchev–Trinajstić information content (AvgIpc) is 2.98. The van der Waals surface area contributed by atoms with Gasteiger partial charge >= 0.3 is 0 Å². The van der Waals surface area contributed by atoms with E-state index in [1.807, 2.05) is 20.8 Å². The Morgan fingerprint density at radius 2 is 2.11 bits per heavy atom. The maximum Gasteiger partial charge on any atom is 0.278 e. The molecule has 0 spiro atoms. The molecule has 27 heavy (non-hydrogen) atoms. The molecule has 2 N–H and O–H groups in total. The van der Waals surface area contributed by atoms with E-state index in [0.29, 0.717) is 22.7 Å². The highest BCUT2D eigenvalue weighted by molar-refractivity contribution is 7.99. The summed E-state index contributed by atoms with van der Waals surface area (Å²) in [6, 6.07) is 7.80. The number of carbonyl (C=O) groups is 1. The second-order valence-electron chi connectivity index (χ2n) is 6.73. The highest BCUT2D eigenvalue weighted by atomic mass is 32.2. The first-order chi connectivity index (χ1) is 12.8. The van der Waals surface area contributed by atoms with Gasteiger partial charge in [-0.25, -0.2) is 9.37 Å². The minimum Gasteiger partial charge on any atom is -0.353 e. The van der Waals surface area contributed by atoms with Crippen LogP contribution in [0.15, 0.2) is 40.3 Å². The molecule has 0 aliphatic carbocycles. The van der Waals surface area contributed by atoms with E-state index in [9.17, 15) is 14.0 Å². The van der Waals surface area contributed by atoms with Gasteiger partial charge in [-0.1, -0.05) is 37.7 Å². The first-order valence-electron chi connectivity index (χ1n) is 8.62. The molecule has 142 valence electrons. The van der Waals surface area contributed by atoms with Gasteiger partial charge in [0.1, 0.15) is 11.3 Å². The quantitative estimate of drug-likeness (QED) is 0.500. The maximum absolute atomic E-state index is 13.7. The number of hydrogen-bond donors (Lipinski definition) is 2. The Morgan fingerprint density at radius 1 is 1.37 bits per heavy atom. The summed E-state index contributed by atoms with van der Waals surface area (Å²) < 4.78 is 15.3. The van der Waals surface area contributed by atoms with Gasteiger partial charge in [-0.3, -0.25) is 14.2 Å². The van der Waals surface area contributed by atoms with Crippen LogP contribution in [-0.4, -0.2) is 26.2 Å². The normalized spacial score (nSPS) is 11.3. The molecule has 3 rings (SSSR count). The highest BCUT2D eigenvalue weighted by Gasteiger charge is 2.16. The van der Waals surface area contributed by atoms with Gasteiger partial charge in [0, 0.05) is 12.2 Å². The van der Waals surface area contributed by atoms with Gasteiger partial charge in [0.15, 0.2) is 5.16 Å². The second kappa shape index (κ2) is 7.96. The van der Waals surface area contributed by atoms with Crippen molar-refractivity contribution < 1.29 is 9.18 Å². The van der Waals surface area contributed by atoms with Gasteiger partial charge in [0.25, 0.3) is 5.56 Å². The number of nitrogens with zero attached hydrogens (tertiary/aromatic N) is 2. The summed E-state index contributed by atoms with van der Waals surface area (Å²) in [5, 5.41) is 3.02. The fourth-order valence-electron chi connectivity index (χ4n) is 2.73. The number of nitrogens with one attached hydrogen (secondary N) is 2. The number of benzene rings is 1. The third-order valence-corrected chi connectivity index (χ3v) is 4.84. The second-order valence-corrected chi connectivity index (χ2v) is 7.68. The lowest BCUT2D eigenvalue weighted by molar-refractivity contribution is -0.113. The van der Waals surface area contributed by atoms with Crippen LogP contribution in [0.25, 0.3) is 11.0 Å². The van der Waals surface area contributed by atoms with Crippen LogP contribution < -0.4 is 10.9 Å². The van der Waals surface area contributed by atoms with Crippen molar-refractivity contribution in [2.75, 3.05) is 11.1 Å². The molecule has 0 aliphatic heterocycles. The first-order valence-corrected chi connectivity index (χ1v) is 9.61. The molecule has 0 bridgehead atoms. The summed E-state index contributed by atoms with van der Waals surface area (Å²) in [6.07, 6.45) is 0. The molecule has 0 atom stereocenters. The zero-order valence-corrected chi connectivity index (χ0v) is 16.2. The van der Waals surface area contributed by atoms with Crippen molar-refractivity contribution in [3.8, 4) is 0 Å². The number of thioether (sulfide) groups is 1. The lowest BCUT2D eigenvalue weighted by Crippen LogP contribution is -2.26. The Balaban J connectivity index is 1.83. The summed E-state index contributed by atoms with van der Waals surface area (Å²) in [7, 11) is 0. The largest absolute Gasteiger partial charge is 0.353 e. The van der Waals surface area contributed by atoms with Crippen molar-refractivity contribution in [1.29, 1.82) is 0 Å². The van der Waals surface area contributed by atoms with E-state index in [1.165, 1.54) is 12.1 Å². The van der Waals surface area contributed by atoms with Crippen molar-refractivity contribution in [1.82, 2.24) is 14.5 Å². The summed E-state index contributed by atoms with van der Waals surface area (Å²) in [5.74, 6) is -0.589. The molecular formula is C19H21FN4O2S. The number of hydrogen-bond acceptors (Lipinski definition) is 4. The number of rotatable bonds is 6. The molecular weight excluding hydrogens is 367 g/mol. The number of carbonyl (C=O) groups excluding carboxylic acids is 1. The van der Waals surface area contributed by atoms with E-state index in [1.54, 1.807) is 22.8 Å². The van der Waals surface area contributed by atoms with Crippen LogP contribution in [0, 0.1) is 18.7 Å². The number of fused-ring (bicyclic) bond motifs is 1. The molecule has 6 nitrogen and oxygen atoms in total. The number of aryl methyl sites for hydroxylation is 1. The van der Waals surface area contributed by atoms with Crippen LogP contribution in [0.3, 0.4) is 0 Å². The molecule has 0 saturated heterocycles. The van der Waals surface area contributed by atoms with Gasteiger partial charge in [0.2, 0.25) is 5.91 Å². The zero-order chi connectivity index (χ0) is 19.6. The molecule has 0 unspecified atom stereocenters. The number of H-pyrrole nitrogens is 1. The Hall–Kier alpha value is -2.61. The SMILES string of the molecule is Cc1cc2nc(SCC(=O)Nc3ccccc3F)n(CC(C)C)c(=O)c2[nH]1. The number of aromatic nitrogens is 3. The Bertz CT molecular complexity index is 1040. The van der Waals surface area contributed by atoms with Crippen molar-refractivity contribution in [2.24, 2.45) is 5.92 Å². The summed E-state index contributed by atoms with van der Waals surface area (Å²) >= 11 is 1.16. The molecule has 8 heteroatoms. The van der Waals surface area contributed by atoms with Crippen LogP contribution >= 0.6 is 11.8 Å². The predicted octanol–water partition coefficient (Wildman–Crippen LogP) is 3.56. The van der Waals surface area contributed by atoms with Crippen LogP contribution in [0.2, 0.25) is 0 Å². The summed E-state index contributed by atoms with van der Waals surface area (Å²) in [6.45, 7) is 6.38. The summed E-state index contributed by atoms with van der Waals surface area (Å²) in [4.78, 5) is 32.6. The minimum atomic E-state index is -0.491. The van der Waals surface area contributed by atoms with Crippen molar-refractivity contribution in [2.45, 2.75) is 32.5 Å². The van der Waals surface area contributed by atoms with Gasteiger partial charge in [-0.05, 0) is 31.0 Å². The third kappa shape index (κ3) is 4.39. The van der Waals surface area contributed by atoms with E-state index in [0.717, 1.165) is 17.5 Å². The highest BCUT2D eigenvalue weighted by Crippen LogP contribution is 2.20. The Morgan fingerprint density at radius 3 is 2.81 bits per heavy atom. The topological polar surface area (TPSA) is 79.8 Å². The van der Waals surface area contributed by atoms with E-state index in [4.69, 9.17) is 0 Å². The Kier molecular flexibility index (Phi) is 5.65. The summed E-state index contributed by atoms with van der Waals surface area (Å²) in [5.41, 5.74) is 1.87. The number of aromatic amines is 1. The van der Waals surface area contributed by atoms with Gasteiger partial charge < -0.3 is 10.3 Å². The minimum absolute atomic E-state index is 0.0216. The number of anilines is 1. The molecule has 0 fully saturated rings. The molecule has 2 heterocycles. The lowest BCUT2D eigenvalue weighted by Gasteiger charge is -2.14. The zero-order valence-electron chi connectivity index (χ0n) is 15.4. The fraction of sp³-hybridized carbons (Fsp3) is 0.316. The van der Waals surface area contributed by atoms with Gasteiger partial charge in [0.05, 0.1) is 17.0 Å². The van der Waals surface area contributed by atoms with Gasteiger partial charge in [-0.2, -0.15) is 0 Å². The monoisotopic (exact) mass is 388 g/mol. The van der Waals surface area contributed by atoms with E-state index in [-0.39, 0.29) is 28.8 Å². The molecule has 0 saturated carbocycles. The van der Waals surface area contributed by atoms with Crippen LogP contribution in [0.1, 0.15) is 19.5 Å². The Labute approximate surface area is 160 Å². The van der Waals surface area contributed by atoms with Crippen LogP contribution in [0.5, 0.6) is 0 Å². The number of halogens is 1. The average molecular weight is 388 g/mol. The molecule has 0 aliphatic rings. The molecule has 2 aromatic heterocycles. The van der Waals surface area contributed by atoms with Crippen LogP contribution in [-0.2, 0) is 11.3 Å². The number of para-hydroxylation sites is 1. The molecule has 3 aromatic rings. The lowest BCUT2D eigenvalue weighted by atomic mass is 10.2. The fourth-order valence-corrected chi connectivity index (χ4v) is 3.53. The maximum atomic E-state index is 13.7. The van der Waals surface area contributed by atoms with Gasteiger partial charge in [-0.15, -0.1) is 0 Å². The smallest absolute Gasteiger partial charge is 0.278 e. The van der Waals surface area contributed by atoms with E-state index in [2.05, 4.69) is 15.3 Å². The molecule has 0 radical (unpaired) electrons.